The van der Waals surface area contributed by atoms with Gasteiger partial charge in [0.15, 0.2) is 5.78 Å². The monoisotopic (exact) mass is 294 g/mol. The van der Waals surface area contributed by atoms with Crippen molar-refractivity contribution in [2.45, 2.75) is 59.8 Å². The summed E-state index contributed by atoms with van der Waals surface area (Å²) in [5, 5.41) is 0. The van der Waals surface area contributed by atoms with E-state index in [0.717, 1.165) is 36.3 Å². The van der Waals surface area contributed by atoms with Crippen molar-refractivity contribution in [2.24, 2.45) is 16.7 Å². The van der Waals surface area contributed by atoms with E-state index in [0.29, 0.717) is 11.7 Å². The van der Waals surface area contributed by atoms with Gasteiger partial charge in [-0.05, 0) is 37.5 Å². The first-order chi connectivity index (χ1) is 9.35. The summed E-state index contributed by atoms with van der Waals surface area (Å²) in [6.07, 6.45) is 6.97. The van der Waals surface area contributed by atoms with Gasteiger partial charge in [-0.15, -0.1) is 11.8 Å². The van der Waals surface area contributed by atoms with E-state index in [9.17, 15) is 9.59 Å². The summed E-state index contributed by atoms with van der Waals surface area (Å²) in [6, 6.07) is 0. The second-order valence-electron chi connectivity index (χ2n) is 6.87. The first-order valence-electron chi connectivity index (χ1n) is 7.72. The molecule has 0 aromatic carbocycles. The standard InChI is InChI=1S/C17H26O2S/c1-5-6-7-14(12(2)18)20-11-17-9-8-13(10-15(17)19)16(17,3)4/h7,13H,5-6,8-11H2,1-4H3/b14-7-/t13-,17-/m1/s1. The zero-order valence-electron chi connectivity index (χ0n) is 13.1. The summed E-state index contributed by atoms with van der Waals surface area (Å²) in [5.74, 6) is 1.91. The van der Waals surface area contributed by atoms with Crippen LogP contribution in [0.15, 0.2) is 11.0 Å². The molecule has 2 saturated carbocycles. The van der Waals surface area contributed by atoms with Crippen molar-refractivity contribution in [1.29, 1.82) is 0 Å². The molecule has 20 heavy (non-hydrogen) atoms. The molecule has 3 heteroatoms. The Labute approximate surface area is 126 Å². The second kappa shape index (κ2) is 5.67. The Bertz CT molecular complexity index is 450. The fourth-order valence-electron chi connectivity index (χ4n) is 3.89. The van der Waals surface area contributed by atoms with Crippen LogP contribution in [0.3, 0.4) is 0 Å². The molecule has 2 aliphatic carbocycles. The molecule has 2 nitrogen and oxygen atoms in total. The third-order valence-corrected chi connectivity index (χ3v) is 6.98. The summed E-state index contributed by atoms with van der Waals surface area (Å²) >= 11 is 1.61. The van der Waals surface area contributed by atoms with Gasteiger partial charge in [0.25, 0.3) is 0 Å². The van der Waals surface area contributed by atoms with Gasteiger partial charge >= 0.3 is 0 Å². The molecule has 0 heterocycles. The molecule has 2 rings (SSSR count). The lowest BCUT2D eigenvalue weighted by Crippen LogP contribution is -2.38. The SMILES string of the molecule is CCC/C=C(\SC[C@]12CC[C@H](CC1=O)C2(C)C)C(C)=O. The molecular weight excluding hydrogens is 268 g/mol. The highest BCUT2D eigenvalue weighted by molar-refractivity contribution is 8.04. The molecule has 2 atom stereocenters. The lowest BCUT2D eigenvalue weighted by atomic mass is 9.70. The minimum absolute atomic E-state index is 0.101. The number of unbranched alkanes of at least 4 members (excludes halogenated alkanes) is 1. The smallest absolute Gasteiger partial charge is 0.165 e. The highest BCUT2D eigenvalue weighted by Gasteiger charge is 2.63. The van der Waals surface area contributed by atoms with Crippen LogP contribution in [0.5, 0.6) is 0 Å². The van der Waals surface area contributed by atoms with Crippen molar-refractivity contribution in [1.82, 2.24) is 0 Å². The number of Topliss-reactive ketones (excluding diaryl/α,β-unsaturated/α-hetero) is 2. The highest BCUT2D eigenvalue weighted by Crippen LogP contribution is 2.65. The van der Waals surface area contributed by atoms with E-state index in [4.69, 9.17) is 0 Å². The lowest BCUT2D eigenvalue weighted by molar-refractivity contribution is -0.128. The molecule has 2 bridgehead atoms. The Morgan fingerprint density at radius 3 is 2.60 bits per heavy atom. The molecule has 112 valence electrons. The van der Waals surface area contributed by atoms with Crippen LogP contribution in [0.2, 0.25) is 0 Å². The number of carbonyl (C=O) groups excluding carboxylic acids is 2. The van der Waals surface area contributed by atoms with Gasteiger partial charge in [0.2, 0.25) is 0 Å². The van der Waals surface area contributed by atoms with Gasteiger partial charge in [0.05, 0.1) is 0 Å². The number of thioether (sulfide) groups is 1. The largest absolute Gasteiger partial charge is 0.299 e. The van der Waals surface area contributed by atoms with Crippen LogP contribution in [-0.4, -0.2) is 17.3 Å². The topological polar surface area (TPSA) is 34.1 Å². The maximum Gasteiger partial charge on any atom is 0.165 e. The summed E-state index contributed by atoms with van der Waals surface area (Å²) in [6.45, 7) is 8.24. The molecule has 0 spiro atoms. The third kappa shape index (κ3) is 2.38. The van der Waals surface area contributed by atoms with E-state index in [2.05, 4.69) is 20.8 Å². The average molecular weight is 294 g/mol. The van der Waals surface area contributed by atoms with Crippen LogP contribution in [0.4, 0.5) is 0 Å². The van der Waals surface area contributed by atoms with Gasteiger partial charge in [-0.3, -0.25) is 9.59 Å². The van der Waals surface area contributed by atoms with Crippen molar-refractivity contribution in [3.05, 3.63) is 11.0 Å². The first-order valence-corrected chi connectivity index (χ1v) is 8.71. The highest BCUT2D eigenvalue weighted by atomic mass is 32.2. The zero-order valence-corrected chi connectivity index (χ0v) is 13.9. The van der Waals surface area contributed by atoms with Crippen LogP contribution in [0.1, 0.15) is 59.8 Å². The minimum Gasteiger partial charge on any atom is -0.299 e. The number of allylic oxidation sites excluding steroid dienone is 2. The number of carbonyl (C=O) groups is 2. The molecule has 0 radical (unpaired) electrons. The number of ketones is 2. The van der Waals surface area contributed by atoms with Crippen molar-refractivity contribution in [3.8, 4) is 0 Å². The molecular formula is C17H26O2S. The number of hydrogen-bond donors (Lipinski definition) is 0. The van der Waals surface area contributed by atoms with Crippen LogP contribution in [0.25, 0.3) is 0 Å². The molecule has 0 N–H and O–H groups in total. The van der Waals surface area contributed by atoms with Gasteiger partial charge in [0, 0.05) is 22.5 Å². The molecule has 0 aliphatic heterocycles. The molecule has 0 amide bonds. The number of fused-ring (bicyclic) bond motifs is 2. The predicted octanol–water partition coefficient (Wildman–Crippen LogP) is 4.39. The number of hydrogen-bond acceptors (Lipinski definition) is 3. The normalized spacial score (nSPS) is 31.9. The second-order valence-corrected chi connectivity index (χ2v) is 7.89. The van der Waals surface area contributed by atoms with Gasteiger partial charge in [-0.1, -0.05) is 33.3 Å². The van der Waals surface area contributed by atoms with E-state index in [1.165, 1.54) is 6.42 Å². The van der Waals surface area contributed by atoms with E-state index < -0.39 is 0 Å². The van der Waals surface area contributed by atoms with Crippen molar-refractivity contribution in [2.75, 3.05) is 5.75 Å². The summed E-state index contributed by atoms with van der Waals surface area (Å²) in [5.41, 5.74) is -0.0904. The Kier molecular flexibility index (Phi) is 4.48. The Balaban J connectivity index is 2.13. The fourth-order valence-corrected chi connectivity index (χ4v) is 5.41. The zero-order chi connectivity index (χ0) is 15.0. The molecule has 2 fully saturated rings. The van der Waals surface area contributed by atoms with Gasteiger partial charge < -0.3 is 0 Å². The van der Waals surface area contributed by atoms with Gasteiger partial charge in [-0.25, -0.2) is 0 Å². The maximum atomic E-state index is 12.5. The van der Waals surface area contributed by atoms with Gasteiger partial charge in [-0.2, -0.15) is 0 Å². The van der Waals surface area contributed by atoms with Crippen LogP contribution >= 0.6 is 11.8 Å². The van der Waals surface area contributed by atoms with Crippen molar-refractivity contribution in [3.63, 3.8) is 0 Å². The third-order valence-electron chi connectivity index (χ3n) is 5.58. The molecule has 0 saturated heterocycles. The molecule has 2 aliphatic rings. The molecule has 0 aromatic heterocycles. The predicted molar refractivity (Wildman–Crippen MR) is 84.7 cm³/mol. The summed E-state index contributed by atoms with van der Waals surface area (Å²) < 4.78 is 0. The lowest BCUT2D eigenvalue weighted by Gasteiger charge is -2.36. The van der Waals surface area contributed by atoms with E-state index in [1.54, 1.807) is 18.7 Å². The average Bonchev–Trinajstić information content (AvgIpc) is 2.72. The van der Waals surface area contributed by atoms with Crippen molar-refractivity contribution >= 4 is 23.3 Å². The van der Waals surface area contributed by atoms with Crippen LogP contribution in [-0.2, 0) is 9.59 Å². The molecule has 0 aromatic rings. The Hall–Kier alpha value is -0.570. The quantitative estimate of drug-likeness (QED) is 0.681. The van der Waals surface area contributed by atoms with E-state index >= 15 is 0 Å². The van der Waals surface area contributed by atoms with E-state index in [1.807, 2.05) is 6.08 Å². The summed E-state index contributed by atoms with van der Waals surface area (Å²) in [4.78, 5) is 25.0. The fraction of sp³-hybridized carbons (Fsp3) is 0.765. The molecule has 0 unspecified atom stereocenters. The number of rotatable bonds is 6. The Morgan fingerprint density at radius 1 is 1.45 bits per heavy atom. The Morgan fingerprint density at radius 2 is 2.15 bits per heavy atom. The van der Waals surface area contributed by atoms with E-state index in [-0.39, 0.29) is 16.6 Å². The van der Waals surface area contributed by atoms with Crippen molar-refractivity contribution < 1.29 is 9.59 Å². The van der Waals surface area contributed by atoms with Gasteiger partial charge in [0.1, 0.15) is 5.78 Å². The van der Waals surface area contributed by atoms with Crippen LogP contribution < -0.4 is 0 Å². The van der Waals surface area contributed by atoms with Crippen LogP contribution in [0, 0.1) is 16.7 Å². The maximum absolute atomic E-state index is 12.5. The first kappa shape index (κ1) is 15.8. The summed E-state index contributed by atoms with van der Waals surface area (Å²) in [7, 11) is 0. The minimum atomic E-state index is -0.191.